The molecule has 1 aliphatic heterocycles. The van der Waals surface area contributed by atoms with Gasteiger partial charge in [0.1, 0.15) is 11.5 Å². The molecule has 3 aromatic carbocycles. The van der Waals surface area contributed by atoms with E-state index in [-0.39, 0.29) is 25.2 Å². The molecular weight excluding hydrogens is 526 g/mol. The summed E-state index contributed by atoms with van der Waals surface area (Å²) in [5.74, 6) is 1.19. The Morgan fingerprint density at radius 3 is 2.51 bits per heavy atom. The zero-order valence-corrected chi connectivity index (χ0v) is 23.5. The molecule has 1 heterocycles. The fraction of sp³-hybridized carbons (Fsp3) is 0.375. The number of benzene rings is 3. The molecule has 2 unspecified atom stereocenters. The Bertz CT molecular complexity index is 1280. The summed E-state index contributed by atoms with van der Waals surface area (Å²) in [5.41, 5.74) is 3.34. The van der Waals surface area contributed by atoms with Gasteiger partial charge in [0.05, 0.1) is 58.9 Å². The minimum absolute atomic E-state index is 0.0202. The van der Waals surface area contributed by atoms with Crippen LogP contribution in [0.25, 0.3) is 0 Å². The Labute approximate surface area is 240 Å². The number of hydrogen-bond donors (Lipinski definition) is 1. The Kier molecular flexibility index (Phi) is 11.0. The second-order valence-electron chi connectivity index (χ2n) is 9.80. The zero-order valence-electron chi connectivity index (χ0n) is 23.5. The first-order valence-electron chi connectivity index (χ1n) is 13.7. The van der Waals surface area contributed by atoms with Crippen molar-refractivity contribution in [2.75, 3.05) is 40.5 Å². The van der Waals surface area contributed by atoms with E-state index in [1.165, 1.54) is 12.0 Å². The van der Waals surface area contributed by atoms with Gasteiger partial charge in [-0.1, -0.05) is 42.5 Å². The molecule has 3 aromatic rings. The van der Waals surface area contributed by atoms with Crippen LogP contribution in [0, 0.1) is 0 Å². The molecule has 1 fully saturated rings. The summed E-state index contributed by atoms with van der Waals surface area (Å²) in [4.78, 5) is 24.9. The van der Waals surface area contributed by atoms with Crippen LogP contribution in [-0.2, 0) is 27.4 Å². The lowest BCUT2D eigenvalue weighted by atomic mass is 9.87. The highest BCUT2D eigenvalue weighted by atomic mass is 16.5. The van der Waals surface area contributed by atoms with Gasteiger partial charge in [0.25, 0.3) is 0 Å². The number of ether oxygens (including phenoxy) is 5. The van der Waals surface area contributed by atoms with Crippen LogP contribution in [0.4, 0.5) is 4.79 Å². The number of likely N-dealkylation sites (tertiary alicyclic amines) is 1. The van der Waals surface area contributed by atoms with Crippen LogP contribution in [0.5, 0.6) is 11.5 Å². The van der Waals surface area contributed by atoms with Crippen molar-refractivity contribution in [3.05, 3.63) is 95.1 Å². The van der Waals surface area contributed by atoms with Crippen molar-refractivity contribution in [2.45, 2.75) is 38.1 Å². The van der Waals surface area contributed by atoms with E-state index < -0.39 is 12.1 Å². The quantitative estimate of drug-likeness (QED) is 0.214. The lowest BCUT2D eigenvalue weighted by Gasteiger charge is -2.37. The number of piperidine rings is 1. The van der Waals surface area contributed by atoms with Gasteiger partial charge in [0.15, 0.2) is 0 Å². The van der Waals surface area contributed by atoms with Gasteiger partial charge in [-0.05, 0) is 47.9 Å². The number of rotatable bonds is 13. The number of carbonyl (C=O) groups is 2. The molecule has 0 radical (unpaired) electrons. The molecule has 0 saturated carbocycles. The summed E-state index contributed by atoms with van der Waals surface area (Å²) in [6.45, 7) is 2.53. The van der Waals surface area contributed by atoms with Crippen LogP contribution in [0.3, 0.4) is 0 Å². The van der Waals surface area contributed by atoms with Crippen molar-refractivity contribution in [3.8, 4) is 11.5 Å². The summed E-state index contributed by atoms with van der Waals surface area (Å²) >= 11 is 0. The molecule has 0 aliphatic carbocycles. The molecule has 9 heteroatoms. The molecule has 0 bridgehead atoms. The van der Waals surface area contributed by atoms with Gasteiger partial charge >= 0.3 is 12.1 Å². The monoisotopic (exact) mass is 563 g/mol. The van der Waals surface area contributed by atoms with Crippen LogP contribution in [0.15, 0.2) is 72.8 Å². The van der Waals surface area contributed by atoms with E-state index in [9.17, 15) is 14.7 Å². The van der Waals surface area contributed by atoms with Crippen LogP contribution in [0.1, 0.15) is 45.8 Å². The number of amides is 1. The van der Waals surface area contributed by atoms with Crippen molar-refractivity contribution < 1.29 is 38.4 Å². The third-order valence-corrected chi connectivity index (χ3v) is 7.10. The smallest absolute Gasteiger partial charge is 0.407 e. The van der Waals surface area contributed by atoms with Gasteiger partial charge in [-0.2, -0.15) is 0 Å². The molecule has 2 atom stereocenters. The SMILES string of the molecule is COC(=O)c1cccc(COC2CN(C(=O)O)CCC2c2ccc(OCCCOCc3ccccc3OC)cc2)c1. The number of nitrogens with zero attached hydrogens (tertiary/aromatic N) is 1. The second-order valence-corrected chi connectivity index (χ2v) is 9.80. The molecule has 0 spiro atoms. The Morgan fingerprint density at radius 1 is 0.951 bits per heavy atom. The van der Waals surface area contributed by atoms with Crippen molar-refractivity contribution >= 4 is 12.1 Å². The Balaban J connectivity index is 1.29. The zero-order chi connectivity index (χ0) is 29.0. The first-order valence-corrected chi connectivity index (χ1v) is 13.7. The van der Waals surface area contributed by atoms with Gasteiger partial charge < -0.3 is 33.7 Å². The molecule has 4 rings (SSSR count). The first-order chi connectivity index (χ1) is 20.0. The highest BCUT2D eigenvalue weighted by Gasteiger charge is 2.33. The van der Waals surface area contributed by atoms with Crippen molar-refractivity contribution in [1.82, 2.24) is 4.90 Å². The lowest BCUT2D eigenvalue weighted by molar-refractivity contribution is -0.0199. The van der Waals surface area contributed by atoms with Crippen LogP contribution < -0.4 is 9.47 Å². The van der Waals surface area contributed by atoms with Crippen LogP contribution >= 0.6 is 0 Å². The van der Waals surface area contributed by atoms with E-state index >= 15 is 0 Å². The van der Waals surface area contributed by atoms with Gasteiger partial charge in [0, 0.05) is 24.4 Å². The predicted molar refractivity (Wildman–Crippen MR) is 153 cm³/mol. The normalized spacial score (nSPS) is 16.7. The average molecular weight is 564 g/mol. The fourth-order valence-corrected chi connectivity index (χ4v) is 4.92. The second kappa shape index (κ2) is 15.1. The first kappa shape index (κ1) is 29.9. The van der Waals surface area contributed by atoms with Gasteiger partial charge in [0.2, 0.25) is 0 Å². The maximum Gasteiger partial charge on any atom is 0.407 e. The summed E-state index contributed by atoms with van der Waals surface area (Å²) in [6, 6.07) is 22.8. The number of methoxy groups -OCH3 is 2. The van der Waals surface area contributed by atoms with Gasteiger partial charge in [-0.15, -0.1) is 0 Å². The Hall–Kier alpha value is -4.08. The lowest BCUT2D eigenvalue weighted by Crippen LogP contribution is -2.46. The largest absolute Gasteiger partial charge is 0.496 e. The molecule has 41 heavy (non-hydrogen) atoms. The number of carboxylic acid groups (broad SMARTS) is 1. The summed E-state index contributed by atoms with van der Waals surface area (Å²) in [6.07, 6.45) is 0.0924. The number of para-hydroxylation sites is 1. The van der Waals surface area contributed by atoms with Crippen LogP contribution in [-0.4, -0.2) is 68.7 Å². The molecule has 1 amide bonds. The topological polar surface area (TPSA) is 104 Å². The molecule has 0 aromatic heterocycles. The van der Waals surface area contributed by atoms with Gasteiger partial charge in [-0.3, -0.25) is 0 Å². The molecule has 1 N–H and O–H groups in total. The van der Waals surface area contributed by atoms with Crippen molar-refractivity contribution in [1.29, 1.82) is 0 Å². The fourth-order valence-electron chi connectivity index (χ4n) is 4.92. The molecule has 9 nitrogen and oxygen atoms in total. The maximum atomic E-state index is 11.9. The molecule has 1 aliphatic rings. The maximum absolute atomic E-state index is 11.9. The van der Waals surface area contributed by atoms with E-state index in [4.69, 9.17) is 23.7 Å². The standard InChI is InChI=1S/C32H37NO8/c1-37-29-10-4-3-8-26(29)22-39-17-6-18-40-27-13-11-24(12-14-27)28-15-16-33(32(35)36)20-30(28)41-21-23-7-5-9-25(19-23)31(34)38-2/h3-5,7-14,19,28,30H,6,15-18,20-22H2,1-2H3,(H,35,36). The highest BCUT2D eigenvalue weighted by Crippen LogP contribution is 2.32. The summed E-state index contributed by atoms with van der Waals surface area (Å²) in [7, 11) is 2.99. The molecule has 218 valence electrons. The van der Waals surface area contributed by atoms with E-state index in [2.05, 4.69) is 0 Å². The third kappa shape index (κ3) is 8.45. The van der Waals surface area contributed by atoms with Crippen molar-refractivity contribution in [3.63, 3.8) is 0 Å². The molecular formula is C32H37NO8. The minimum Gasteiger partial charge on any atom is -0.496 e. The summed E-state index contributed by atoms with van der Waals surface area (Å²) < 4.78 is 28.1. The summed E-state index contributed by atoms with van der Waals surface area (Å²) in [5, 5.41) is 9.57. The minimum atomic E-state index is -0.958. The van der Waals surface area contributed by atoms with Crippen molar-refractivity contribution in [2.24, 2.45) is 0 Å². The van der Waals surface area contributed by atoms with E-state index in [1.54, 1.807) is 25.3 Å². The Morgan fingerprint density at radius 2 is 1.76 bits per heavy atom. The third-order valence-electron chi connectivity index (χ3n) is 7.10. The number of carbonyl (C=O) groups excluding carboxylic acids is 1. The van der Waals surface area contributed by atoms with E-state index in [0.29, 0.717) is 38.3 Å². The average Bonchev–Trinajstić information content (AvgIpc) is 3.01. The number of esters is 1. The van der Waals surface area contributed by atoms with E-state index in [0.717, 1.165) is 34.6 Å². The van der Waals surface area contributed by atoms with E-state index in [1.807, 2.05) is 54.6 Å². The predicted octanol–water partition coefficient (Wildman–Crippen LogP) is 5.52. The van der Waals surface area contributed by atoms with Crippen LogP contribution in [0.2, 0.25) is 0 Å². The number of hydrogen-bond acceptors (Lipinski definition) is 7. The molecule has 1 saturated heterocycles. The van der Waals surface area contributed by atoms with Gasteiger partial charge in [-0.25, -0.2) is 9.59 Å². The highest BCUT2D eigenvalue weighted by molar-refractivity contribution is 5.89.